The van der Waals surface area contributed by atoms with Crippen LogP contribution in [0.2, 0.25) is 0 Å². The molecule has 0 aliphatic carbocycles. The molecule has 114 valence electrons. The number of hydrogen-bond acceptors (Lipinski definition) is 4. The van der Waals surface area contributed by atoms with Crippen LogP contribution in [0.5, 0.6) is 5.75 Å². The van der Waals surface area contributed by atoms with Gasteiger partial charge in [-0.2, -0.15) is 0 Å². The molecule has 4 heteroatoms. The van der Waals surface area contributed by atoms with Gasteiger partial charge in [-0.1, -0.05) is 19.9 Å². The predicted octanol–water partition coefficient (Wildman–Crippen LogP) is 3.82. The van der Waals surface area contributed by atoms with Gasteiger partial charge in [0.2, 0.25) is 6.29 Å². The third-order valence-corrected chi connectivity index (χ3v) is 3.05. The first-order valence-corrected chi connectivity index (χ1v) is 7.09. The van der Waals surface area contributed by atoms with Gasteiger partial charge in [0.15, 0.2) is 5.78 Å². The molecule has 0 radical (unpaired) electrons. The van der Waals surface area contributed by atoms with Crippen molar-refractivity contribution in [3.8, 4) is 5.75 Å². The van der Waals surface area contributed by atoms with Crippen LogP contribution in [0.1, 0.15) is 49.0 Å². The van der Waals surface area contributed by atoms with Gasteiger partial charge >= 0.3 is 5.97 Å². The lowest BCUT2D eigenvalue weighted by atomic mass is 10.1. The van der Waals surface area contributed by atoms with E-state index >= 15 is 0 Å². The fourth-order valence-corrected chi connectivity index (χ4v) is 1.95. The van der Waals surface area contributed by atoms with Gasteiger partial charge in [-0.3, -0.25) is 4.79 Å². The van der Waals surface area contributed by atoms with Crippen molar-refractivity contribution in [3.05, 3.63) is 42.0 Å². The summed E-state index contributed by atoms with van der Waals surface area (Å²) in [5, 5.41) is 0. The number of esters is 1. The van der Waals surface area contributed by atoms with Crippen molar-refractivity contribution in [2.45, 2.75) is 46.3 Å². The Morgan fingerprint density at radius 3 is 2.62 bits per heavy atom. The Morgan fingerprint density at radius 1 is 1.38 bits per heavy atom. The number of unbranched alkanes of at least 4 members (excludes halogenated alkanes) is 1. The van der Waals surface area contributed by atoms with Gasteiger partial charge in [0.25, 0.3) is 0 Å². The van der Waals surface area contributed by atoms with Gasteiger partial charge in [0, 0.05) is 18.1 Å². The van der Waals surface area contributed by atoms with Gasteiger partial charge < -0.3 is 9.47 Å². The topological polar surface area (TPSA) is 52.6 Å². The first-order valence-electron chi connectivity index (χ1n) is 7.09. The van der Waals surface area contributed by atoms with Gasteiger partial charge in [0.05, 0.1) is 0 Å². The standard InChI is InChI=1S/C17H22O4/c1-5-7-8-17(21-16(19)6-2)20-14-9-10-15(13(4)18)12(3)11-14/h6,9-11,17H,2,5,7-8H2,1,3-4H3. The lowest BCUT2D eigenvalue weighted by Gasteiger charge is -2.19. The van der Waals surface area contributed by atoms with Gasteiger partial charge in [-0.15, -0.1) is 0 Å². The average Bonchev–Trinajstić information content (AvgIpc) is 2.44. The number of aryl methyl sites for hydroxylation is 1. The first kappa shape index (κ1) is 17.0. The molecule has 21 heavy (non-hydrogen) atoms. The Labute approximate surface area is 125 Å². The summed E-state index contributed by atoms with van der Waals surface area (Å²) >= 11 is 0. The molecule has 0 aliphatic rings. The van der Waals surface area contributed by atoms with Crippen molar-refractivity contribution in [3.63, 3.8) is 0 Å². The number of benzene rings is 1. The van der Waals surface area contributed by atoms with Crippen LogP contribution in [0, 0.1) is 6.92 Å². The van der Waals surface area contributed by atoms with E-state index in [1.165, 1.54) is 6.92 Å². The van der Waals surface area contributed by atoms with Crippen LogP contribution >= 0.6 is 0 Å². The first-order chi connectivity index (χ1) is 9.97. The van der Waals surface area contributed by atoms with Crippen molar-refractivity contribution in [1.82, 2.24) is 0 Å². The summed E-state index contributed by atoms with van der Waals surface area (Å²) in [7, 11) is 0. The largest absolute Gasteiger partial charge is 0.455 e. The van der Waals surface area contributed by atoms with E-state index < -0.39 is 12.3 Å². The van der Waals surface area contributed by atoms with Crippen molar-refractivity contribution in [1.29, 1.82) is 0 Å². The molecule has 0 N–H and O–H groups in total. The number of ketones is 1. The molecule has 1 aromatic carbocycles. The molecule has 0 bridgehead atoms. The fourth-order valence-electron chi connectivity index (χ4n) is 1.95. The zero-order valence-corrected chi connectivity index (χ0v) is 12.8. The van der Waals surface area contributed by atoms with E-state index in [-0.39, 0.29) is 5.78 Å². The summed E-state index contributed by atoms with van der Waals surface area (Å²) in [5.74, 6) is 0.0864. The van der Waals surface area contributed by atoms with Crippen molar-refractivity contribution < 1.29 is 19.1 Å². The molecule has 1 atom stereocenters. The number of carbonyl (C=O) groups is 2. The molecule has 0 heterocycles. The number of hydrogen-bond donors (Lipinski definition) is 0. The minimum atomic E-state index is -0.641. The molecule has 0 saturated heterocycles. The maximum absolute atomic E-state index is 11.4. The lowest BCUT2D eigenvalue weighted by Crippen LogP contribution is -2.23. The summed E-state index contributed by atoms with van der Waals surface area (Å²) in [4.78, 5) is 22.7. The highest BCUT2D eigenvalue weighted by Gasteiger charge is 2.15. The van der Waals surface area contributed by atoms with Crippen LogP contribution in [-0.4, -0.2) is 18.0 Å². The molecule has 4 nitrogen and oxygen atoms in total. The zero-order chi connectivity index (χ0) is 15.8. The predicted molar refractivity (Wildman–Crippen MR) is 81.4 cm³/mol. The zero-order valence-electron chi connectivity index (χ0n) is 12.8. The number of Topliss-reactive ketones (excluding diaryl/α,β-unsaturated/α-hetero) is 1. The molecule has 0 spiro atoms. The van der Waals surface area contributed by atoms with Crippen LogP contribution < -0.4 is 4.74 Å². The summed E-state index contributed by atoms with van der Waals surface area (Å²) in [6.45, 7) is 8.81. The third kappa shape index (κ3) is 5.42. The van der Waals surface area contributed by atoms with Gasteiger partial charge in [-0.05, 0) is 44.0 Å². The summed E-state index contributed by atoms with van der Waals surface area (Å²) in [5.41, 5.74) is 1.50. The molecule has 0 saturated carbocycles. The maximum atomic E-state index is 11.4. The van der Waals surface area contributed by atoms with Crippen LogP contribution in [-0.2, 0) is 9.53 Å². The van der Waals surface area contributed by atoms with Crippen LogP contribution in [0.25, 0.3) is 0 Å². The highest BCUT2D eigenvalue weighted by molar-refractivity contribution is 5.95. The van der Waals surface area contributed by atoms with E-state index in [9.17, 15) is 9.59 Å². The Morgan fingerprint density at radius 2 is 2.10 bits per heavy atom. The highest BCUT2D eigenvalue weighted by Crippen LogP contribution is 2.20. The summed E-state index contributed by atoms with van der Waals surface area (Å²) < 4.78 is 10.9. The Kier molecular flexibility index (Phi) is 6.66. The van der Waals surface area contributed by atoms with E-state index in [1.54, 1.807) is 18.2 Å². The van der Waals surface area contributed by atoms with Crippen LogP contribution in [0.15, 0.2) is 30.9 Å². The fraction of sp³-hybridized carbons (Fsp3) is 0.412. The van der Waals surface area contributed by atoms with E-state index in [0.29, 0.717) is 17.7 Å². The van der Waals surface area contributed by atoms with Gasteiger partial charge in [0.1, 0.15) is 5.75 Å². The van der Waals surface area contributed by atoms with Crippen molar-refractivity contribution >= 4 is 11.8 Å². The van der Waals surface area contributed by atoms with E-state index in [0.717, 1.165) is 24.5 Å². The van der Waals surface area contributed by atoms with E-state index in [4.69, 9.17) is 9.47 Å². The second-order valence-corrected chi connectivity index (χ2v) is 4.86. The van der Waals surface area contributed by atoms with Crippen molar-refractivity contribution in [2.24, 2.45) is 0 Å². The SMILES string of the molecule is C=CC(=O)OC(CCCC)Oc1ccc(C(C)=O)c(C)c1. The minimum Gasteiger partial charge on any atom is -0.455 e. The van der Waals surface area contributed by atoms with Crippen LogP contribution in [0.4, 0.5) is 0 Å². The summed E-state index contributed by atoms with van der Waals surface area (Å²) in [6.07, 6.45) is 2.96. The number of ether oxygens (including phenoxy) is 2. The third-order valence-electron chi connectivity index (χ3n) is 3.05. The molecular weight excluding hydrogens is 268 g/mol. The second-order valence-electron chi connectivity index (χ2n) is 4.86. The Bertz CT molecular complexity index is 520. The van der Waals surface area contributed by atoms with E-state index in [1.807, 2.05) is 6.92 Å². The molecule has 0 aliphatic heterocycles. The highest BCUT2D eigenvalue weighted by atomic mass is 16.7. The smallest absolute Gasteiger partial charge is 0.333 e. The maximum Gasteiger partial charge on any atom is 0.333 e. The van der Waals surface area contributed by atoms with Crippen LogP contribution in [0.3, 0.4) is 0 Å². The lowest BCUT2D eigenvalue weighted by molar-refractivity contribution is -0.158. The monoisotopic (exact) mass is 290 g/mol. The summed E-state index contributed by atoms with van der Waals surface area (Å²) in [6, 6.07) is 5.21. The molecular formula is C17H22O4. The van der Waals surface area contributed by atoms with E-state index in [2.05, 4.69) is 13.5 Å². The Balaban J connectivity index is 2.82. The minimum absolute atomic E-state index is 0.0136. The molecule has 0 aromatic heterocycles. The number of carbonyl (C=O) groups excluding carboxylic acids is 2. The average molecular weight is 290 g/mol. The normalized spacial score (nSPS) is 11.6. The molecule has 0 amide bonds. The molecule has 1 aromatic rings. The second kappa shape index (κ2) is 8.25. The Hall–Kier alpha value is -2.10. The molecule has 1 unspecified atom stereocenters. The molecule has 1 rings (SSSR count). The quantitative estimate of drug-likeness (QED) is 0.316. The van der Waals surface area contributed by atoms with Gasteiger partial charge in [-0.25, -0.2) is 4.79 Å². The number of rotatable bonds is 8. The molecule has 0 fully saturated rings. The van der Waals surface area contributed by atoms with Crippen molar-refractivity contribution in [2.75, 3.05) is 0 Å².